The highest BCUT2D eigenvalue weighted by atomic mass is 79.9. The quantitative estimate of drug-likeness (QED) is 0.923. The van der Waals surface area contributed by atoms with Gasteiger partial charge in [-0.05, 0) is 27.4 Å². The molecule has 6 heteroatoms. The maximum Gasteiger partial charge on any atom is 0.258 e. The summed E-state index contributed by atoms with van der Waals surface area (Å²) in [6.45, 7) is 2.93. The van der Waals surface area contributed by atoms with Crippen LogP contribution in [0.2, 0.25) is 0 Å². The van der Waals surface area contributed by atoms with E-state index in [9.17, 15) is 8.78 Å². The van der Waals surface area contributed by atoms with Crippen molar-refractivity contribution in [3.8, 4) is 0 Å². The summed E-state index contributed by atoms with van der Waals surface area (Å²) in [4.78, 5) is 2.59. The Bertz CT molecular complexity index is 339. The maximum atomic E-state index is 13.2. The molecule has 0 amide bonds. The summed E-state index contributed by atoms with van der Waals surface area (Å²) in [5.74, 6) is 0. The minimum Gasteiger partial charge on any atom is -0.314 e. The topological polar surface area (TPSA) is 15.3 Å². The van der Waals surface area contributed by atoms with Crippen molar-refractivity contribution in [2.75, 3.05) is 26.2 Å². The lowest BCUT2D eigenvalue weighted by Gasteiger charge is -2.34. The molecule has 1 aromatic rings. The van der Waals surface area contributed by atoms with E-state index >= 15 is 0 Å². The van der Waals surface area contributed by atoms with E-state index in [1.54, 1.807) is 0 Å². The number of hydrogen-bond acceptors (Lipinski definition) is 3. The number of hydrogen-bond donors (Lipinski definition) is 1. The largest absolute Gasteiger partial charge is 0.314 e. The van der Waals surface area contributed by atoms with Crippen LogP contribution in [-0.4, -0.2) is 37.5 Å². The highest BCUT2D eigenvalue weighted by Gasteiger charge is 2.32. The molecule has 0 saturated carbocycles. The third-order valence-corrected chi connectivity index (χ3v) is 4.64. The number of thiophene rings is 1. The molecule has 0 bridgehead atoms. The summed E-state index contributed by atoms with van der Waals surface area (Å²) < 4.78 is 27.1. The molecule has 0 radical (unpaired) electrons. The normalized spacial score (nSPS) is 20.2. The first kappa shape index (κ1) is 12.4. The Morgan fingerprint density at radius 3 is 2.56 bits per heavy atom. The monoisotopic (exact) mass is 310 g/mol. The van der Waals surface area contributed by atoms with Crippen LogP contribution in [0.15, 0.2) is 15.9 Å². The predicted molar refractivity (Wildman–Crippen MR) is 65.2 cm³/mol. The predicted octanol–water partition coefficient (Wildman–Crippen LogP) is 2.72. The summed E-state index contributed by atoms with van der Waals surface area (Å²) in [6, 6.07) is 1.06. The highest BCUT2D eigenvalue weighted by molar-refractivity contribution is 9.10. The van der Waals surface area contributed by atoms with Crippen molar-refractivity contribution in [3.63, 3.8) is 0 Å². The molecule has 1 aliphatic rings. The van der Waals surface area contributed by atoms with E-state index in [1.165, 1.54) is 11.3 Å². The van der Waals surface area contributed by atoms with Gasteiger partial charge >= 0.3 is 0 Å². The first-order valence-corrected chi connectivity index (χ1v) is 6.83. The van der Waals surface area contributed by atoms with E-state index in [1.807, 2.05) is 16.3 Å². The molecule has 1 saturated heterocycles. The maximum absolute atomic E-state index is 13.2. The molecule has 2 rings (SSSR count). The van der Waals surface area contributed by atoms with Crippen LogP contribution in [-0.2, 0) is 0 Å². The van der Waals surface area contributed by atoms with E-state index in [0.29, 0.717) is 13.1 Å². The lowest BCUT2D eigenvalue weighted by atomic mass is 10.2. The molecule has 1 aromatic heterocycles. The number of rotatable bonds is 3. The second-order valence-electron chi connectivity index (χ2n) is 3.70. The van der Waals surface area contributed by atoms with E-state index in [0.717, 1.165) is 22.4 Å². The molecule has 1 atom stereocenters. The Hall–Kier alpha value is -0.0400. The van der Waals surface area contributed by atoms with Gasteiger partial charge in [-0.2, -0.15) is 0 Å². The highest BCUT2D eigenvalue weighted by Crippen LogP contribution is 2.36. The zero-order valence-electron chi connectivity index (χ0n) is 8.63. The fourth-order valence-electron chi connectivity index (χ4n) is 1.92. The van der Waals surface area contributed by atoms with Gasteiger partial charge in [0.15, 0.2) is 0 Å². The second kappa shape index (κ2) is 5.53. The standard InChI is InChI=1S/C10H13BrF2N2S/c11-7-1-6-16-9(7)8(10(12)13)15-4-2-14-3-5-15/h1,6,8,10,14H,2-5H2/t8-/m1/s1. The van der Waals surface area contributed by atoms with Crippen molar-refractivity contribution >= 4 is 27.3 Å². The Morgan fingerprint density at radius 2 is 2.06 bits per heavy atom. The van der Waals surface area contributed by atoms with Gasteiger partial charge in [-0.25, -0.2) is 8.78 Å². The number of alkyl halides is 2. The van der Waals surface area contributed by atoms with Crippen molar-refractivity contribution in [2.45, 2.75) is 12.5 Å². The molecule has 2 nitrogen and oxygen atoms in total. The fourth-order valence-corrected chi connectivity index (χ4v) is 3.66. The summed E-state index contributed by atoms with van der Waals surface area (Å²) in [5.41, 5.74) is 0. The van der Waals surface area contributed by atoms with Crippen LogP contribution in [0.5, 0.6) is 0 Å². The second-order valence-corrected chi connectivity index (χ2v) is 5.50. The van der Waals surface area contributed by atoms with Crippen molar-refractivity contribution in [1.82, 2.24) is 10.2 Å². The zero-order valence-corrected chi connectivity index (χ0v) is 11.0. The van der Waals surface area contributed by atoms with Gasteiger partial charge < -0.3 is 5.32 Å². The molecule has 0 unspecified atom stereocenters. The lowest BCUT2D eigenvalue weighted by molar-refractivity contribution is 0.0196. The molecule has 0 aromatic carbocycles. The Kier molecular flexibility index (Phi) is 4.29. The molecular weight excluding hydrogens is 298 g/mol. The minimum atomic E-state index is -2.34. The molecule has 0 aliphatic carbocycles. The van der Waals surface area contributed by atoms with E-state index < -0.39 is 12.5 Å². The fraction of sp³-hybridized carbons (Fsp3) is 0.600. The lowest BCUT2D eigenvalue weighted by Crippen LogP contribution is -2.46. The van der Waals surface area contributed by atoms with Crippen LogP contribution in [0.1, 0.15) is 10.9 Å². The van der Waals surface area contributed by atoms with Crippen LogP contribution in [0, 0.1) is 0 Å². The van der Waals surface area contributed by atoms with Crippen LogP contribution in [0.25, 0.3) is 0 Å². The van der Waals surface area contributed by atoms with Gasteiger partial charge in [0.25, 0.3) is 6.43 Å². The molecule has 1 fully saturated rings. The van der Waals surface area contributed by atoms with E-state index in [2.05, 4.69) is 21.2 Å². The summed E-state index contributed by atoms with van der Waals surface area (Å²) in [6.07, 6.45) is -2.34. The van der Waals surface area contributed by atoms with E-state index in [-0.39, 0.29) is 0 Å². The van der Waals surface area contributed by atoms with Crippen LogP contribution < -0.4 is 5.32 Å². The van der Waals surface area contributed by atoms with Gasteiger partial charge in [0, 0.05) is 35.5 Å². The van der Waals surface area contributed by atoms with Crippen molar-refractivity contribution in [3.05, 3.63) is 20.8 Å². The average molecular weight is 311 g/mol. The molecule has 16 heavy (non-hydrogen) atoms. The molecular formula is C10H13BrF2N2S. The Balaban J connectivity index is 2.19. The number of piperazine rings is 1. The van der Waals surface area contributed by atoms with Gasteiger partial charge in [0.05, 0.1) is 0 Å². The molecule has 1 aliphatic heterocycles. The van der Waals surface area contributed by atoms with Crippen molar-refractivity contribution in [1.29, 1.82) is 0 Å². The van der Waals surface area contributed by atoms with Crippen molar-refractivity contribution < 1.29 is 8.78 Å². The number of nitrogens with zero attached hydrogens (tertiary/aromatic N) is 1. The third kappa shape index (κ3) is 2.61. The molecule has 0 spiro atoms. The van der Waals surface area contributed by atoms with Crippen LogP contribution >= 0.6 is 27.3 Å². The SMILES string of the molecule is FC(F)[C@@H](c1sccc1Br)N1CCNCC1. The average Bonchev–Trinajstić information content (AvgIpc) is 2.66. The number of halogens is 3. The van der Waals surface area contributed by atoms with Crippen LogP contribution in [0.4, 0.5) is 8.78 Å². The van der Waals surface area contributed by atoms with Gasteiger partial charge in [-0.15, -0.1) is 11.3 Å². The molecule has 2 heterocycles. The molecule has 1 N–H and O–H groups in total. The summed E-state index contributed by atoms with van der Waals surface area (Å²) in [5, 5.41) is 5.02. The first-order chi connectivity index (χ1) is 7.70. The van der Waals surface area contributed by atoms with Gasteiger partial charge in [0.1, 0.15) is 6.04 Å². The zero-order chi connectivity index (χ0) is 11.5. The third-order valence-electron chi connectivity index (χ3n) is 2.70. The van der Waals surface area contributed by atoms with Gasteiger partial charge in [-0.1, -0.05) is 0 Å². The Labute approximate surface area is 106 Å². The summed E-state index contributed by atoms with van der Waals surface area (Å²) >= 11 is 4.73. The van der Waals surface area contributed by atoms with Crippen LogP contribution in [0.3, 0.4) is 0 Å². The number of nitrogens with one attached hydrogen (secondary N) is 1. The smallest absolute Gasteiger partial charge is 0.258 e. The van der Waals surface area contributed by atoms with Gasteiger partial charge in [-0.3, -0.25) is 4.90 Å². The first-order valence-electron chi connectivity index (χ1n) is 5.16. The van der Waals surface area contributed by atoms with Crippen molar-refractivity contribution in [2.24, 2.45) is 0 Å². The van der Waals surface area contributed by atoms with E-state index in [4.69, 9.17) is 0 Å². The van der Waals surface area contributed by atoms with Gasteiger partial charge in [0.2, 0.25) is 0 Å². The Morgan fingerprint density at radius 1 is 1.38 bits per heavy atom. The minimum absolute atomic E-state index is 0.680. The molecule has 90 valence electrons. The summed E-state index contributed by atoms with van der Waals surface area (Å²) in [7, 11) is 0.